The summed E-state index contributed by atoms with van der Waals surface area (Å²) in [6.07, 6.45) is -0.0240. The lowest BCUT2D eigenvalue weighted by Gasteiger charge is -2.17. The van der Waals surface area contributed by atoms with Gasteiger partial charge in [0.2, 0.25) is 0 Å². The van der Waals surface area contributed by atoms with Gasteiger partial charge in [-0.15, -0.1) is 0 Å². The van der Waals surface area contributed by atoms with Gasteiger partial charge in [-0.05, 0) is 55.0 Å². The standard InChI is InChI=1S/C27H23Cl2N3O6/c1-3-38-27-31-21-12-11-17(37-2)14-18(21)25(34)32(27)16-9-7-15(8-10-16)13-22(26(35)36)30-24(33)23-19(28)5-4-6-20(23)29/h4-12,14,22H,3,13H2,1-2H3,(H,30,33)(H,35,36)/t22-/m0/s1. The van der Waals surface area contributed by atoms with Gasteiger partial charge in [0.1, 0.15) is 11.8 Å². The van der Waals surface area contributed by atoms with Crippen LogP contribution in [-0.4, -0.2) is 46.3 Å². The van der Waals surface area contributed by atoms with Gasteiger partial charge in [-0.2, -0.15) is 4.98 Å². The fourth-order valence-corrected chi connectivity index (χ4v) is 4.46. The third-order valence-electron chi connectivity index (χ3n) is 5.75. The molecule has 0 unspecified atom stereocenters. The van der Waals surface area contributed by atoms with Crippen LogP contribution < -0.4 is 20.3 Å². The van der Waals surface area contributed by atoms with E-state index in [1.54, 1.807) is 55.5 Å². The van der Waals surface area contributed by atoms with Gasteiger partial charge in [-0.25, -0.2) is 9.36 Å². The highest BCUT2D eigenvalue weighted by atomic mass is 35.5. The van der Waals surface area contributed by atoms with E-state index < -0.39 is 17.9 Å². The van der Waals surface area contributed by atoms with Gasteiger partial charge in [0, 0.05) is 6.42 Å². The van der Waals surface area contributed by atoms with Crippen LogP contribution in [0, 0.1) is 0 Å². The number of fused-ring (bicyclic) bond motifs is 1. The van der Waals surface area contributed by atoms with Crippen molar-refractivity contribution in [2.45, 2.75) is 19.4 Å². The maximum atomic E-state index is 13.4. The first kappa shape index (κ1) is 27.0. The van der Waals surface area contributed by atoms with E-state index in [0.29, 0.717) is 34.5 Å². The number of carbonyl (C=O) groups excluding carboxylic acids is 1. The molecule has 0 fully saturated rings. The van der Waals surface area contributed by atoms with Crippen LogP contribution in [0.1, 0.15) is 22.8 Å². The van der Waals surface area contributed by atoms with E-state index in [2.05, 4.69) is 10.3 Å². The Kier molecular flexibility index (Phi) is 8.19. The monoisotopic (exact) mass is 555 g/mol. The predicted molar refractivity (Wildman–Crippen MR) is 144 cm³/mol. The summed E-state index contributed by atoms with van der Waals surface area (Å²) in [6, 6.07) is 15.1. The van der Waals surface area contributed by atoms with Crippen LogP contribution >= 0.6 is 23.2 Å². The normalized spacial score (nSPS) is 11.7. The molecule has 1 amide bonds. The molecule has 0 aliphatic carbocycles. The zero-order chi connectivity index (χ0) is 27.4. The number of ether oxygens (including phenoxy) is 2. The van der Waals surface area contributed by atoms with E-state index in [0.717, 1.165) is 0 Å². The quantitative estimate of drug-likeness (QED) is 0.311. The highest BCUT2D eigenvalue weighted by molar-refractivity contribution is 6.39. The van der Waals surface area contributed by atoms with Crippen molar-refractivity contribution in [3.05, 3.63) is 92.2 Å². The molecule has 0 radical (unpaired) electrons. The number of nitrogens with one attached hydrogen (secondary N) is 1. The summed E-state index contributed by atoms with van der Waals surface area (Å²) < 4.78 is 12.2. The van der Waals surface area contributed by atoms with Gasteiger partial charge in [0.25, 0.3) is 11.5 Å². The Morgan fingerprint density at radius 2 is 1.76 bits per heavy atom. The van der Waals surface area contributed by atoms with Crippen molar-refractivity contribution in [2.75, 3.05) is 13.7 Å². The number of amides is 1. The Morgan fingerprint density at radius 1 is 1.08 bits per heavy atom. The van der Waals surface area contributed by atoms with Crippen molar-refractivity contribution in [1.82, 2.24) is 14.9 Å². The minimum Gasteiger partial charge on any atom is -0.497 e. The van der Waals surface area contributed by atoms with Gasteiger partial charge < -0.3 is 19.9 Å². The Morgan fingerprint density at radius 3 is 2.37 bits per heavy atom. The van der Waals surface area contributed by atoms with Crippen LogP contribution in [0.4, 0.5) is 0 Å². The molecule has 2 N–H and O–H groups in total. The molecule has 0 saturated carbocycles. The van der Waals surface area contributed by atoms with Gasteiger partial charge >= 0.3 is 12.0 Å². The molecule has 196 valence electrons. The Labute approximate surface area is 227 Å². The molecule has 11 heteroatoms. The summed E-state index contributed by atoms with van der Waals surface area (Å²) in [5, 5.41) is 12.8. The molecule has 3 aromatic carbocycles. The highest BCUT2D eigenvalue weighted by Gasteiger charge is 2.24. The van der Waals surface area contributed by atoms with Gasteiger partial charge in [-0.1, -0.05) is 41.4 Å². The first-order valence-electron chi connectivity index (χ1n) is 11.5. The van der Waals surface area contributed by atoms with E-state index in [4.69, 9.17) is 32.7 Å². The first-order valence-corrected chi connectivity index (χ1v) is 12.3. The minimum absolute atomic E-state index is 0.000643. The van der Waals surface area contributed by atoms with E-state index in [-0.39, 0.29) is 33.6 Å². The average molecular weight is 556 g/mol. The Balaban J connectivity index is 1.63. The summed E-state index contributed by atoms with van der Waals surface area (Å²) in [7, 11) is 1.51. The van der Waals surface area contributed by atoms with Crippen molar-refractivity contribution in [3.63, 3.8) is 0 Å². The smallest absolute Gasteiger partial charge is 0.326 e. The second-order valence-corrected chi connectivity index (χ2v) is 9.00. The minimum atomic E-state index is -1.25. The lowest BCUT2D eigenvalue weighted by atomic mass is 10.0. The SMILES string of the molecule is CCOc1nc2ccc(OC)cc2c(=O)n1-c1ccc(C[C@H](NC(=O)c2c(Cl)cccc2Cl)C(=O)O)cc1. The second kappa shape index (κ2) is 11.5. The number of carbonyl (C=O) groups is 2. The summed E-state index contributed by atoms with van der Waals surface area (Å²) in [5.41, 5.74) is 1.19. The summed E-state index contributed by atoms with van der Waals surface area (Å²) >= 11 is 12.2. The zero-order valence-corrected chi connectivity index (χ0v) is 21.9. The maximum Gasteiger partial charge on any atom is 0.326 e. The van der Waals surface area contributed by atoms with Crippen molar-refractivity contribution in [2.24, 2.45) is 0 Å². The third-order valence-corrected chi connectivity index (χ3v) is 6.38. The number of rotatable bonds is 9. The number of methoxy groups -OCH3 is 1. The number of benzene rings is 3. The molecule has 0 spiro atoms. The van der Waals surface area contributed by atoms with E-state index in [1.807, 2.05) is 0 Å². The second-order valence-electron chi connectivity index (χ2n) is 8.18. The molecule has 1 aromatic heterocycles. The van der Waals surface area contributed by atoms with Crippen LogP contribution in [0.25, 0.3) is 16.6 Å². The van der Waals surface area contributed by atoms with Crippen molar-refractivity contribution in [1.29, 1.82) is 0 Å². The highest BCUT2D eigenvalue weighted by Crippen LogP contribution is 2.25. The lowest BCUT2D eigenvalue weighted by Crippen LogP contribution is -2.42. The van der Waals surface area contributed by atoms with Crippen LogP contribution in [0.15, 0.2) is 65.5 Å². The van der Waals surface area contributed by atoms with Gasteiger partial charge in [-0.3, -0.25) is 9.59 Å². The van der Waals surface area contributed by atoms with Crippen molar-refractivity contribution < 1.29 is 24.2 Å². The summed E-state index contributed by atoms with van der Waals surface area (Å²) in [4.78, 5) is 42.5. The lowest BCUT2D eigenvalue weighted by molar-refractivity contribution is -0.139. The Bertz CT molecular complexity index is 1550. The molecule has 9 nitrogen and oxygen atoms in total. The number of aromatic nitrogens is 2. The van der Waals surface area contributed by atoms with E-state index >= 15 is 0 Å². The zero-order valence-electron chi connectivity index (χ0n) is 20.4. The van der Waals surface area contributed by atoms with Crippen LogP contribution in [0.5, 0.6) is 11.8 Å². The molecule has 4 aromatic rings. The molecule has 4 rings (SSSR count). The fourth-order valence-electron chi connectivity index (χ4n) is 3.89. The average Bonchev–Trinajstić information content (AvgIpc) is 2.89. The van der Waals surface area contributed by atoms with E-state index in [9.17, 15) is 19.5 Å². The molecule has 0 bridgehead atoms. The molecule has 1 atom stereocenters. The molecule has 0 saturated heterocycles. The number of carboxylic acids is 1. The van der Waals surface area contributed by atoms with Crippen LogP contribution in [0.3, 0.4) is 0 Å². The number of aliphatic carboxylic acids is 1. The topological polar surface area (TPSA) is 120 Å². The number of carboxylic acid groups (broad SMARTS) is 1. The third kappa shape index (κ3) is 5.58. The largest absolute Gasteiger partial charge is 0.497 e. The number of halogens is 2. The van der Waals surface area contributed by atoms with Gasteiger partial charge in [0.15, 0.2) is 0 Å². The molecular formula is C27H23Cl2N3O6. The number of nitrogens with zero attached hydrogens (tertiary/aromatic N) is 2. The maximum absolute atomic E-state index is 13.4. The Hall–Kier alpha value is -4.08. The predicted octanol–water partition coefficient (Wildman–Crippen LogP) is 4.53. The number of hydrogen-bond acceptors (Lipinski definition) is 6. The van der Waals surface area contributed by atoms with Gasteiger partial charge in [0.05, 0.1) is 45.9 Å². The molecule has 1 heterocycles. The molecule has 0 aliphatic heterocycles. The van der Waals surface area contributed by atoms with Crippen molar-refractivity contribution in [3.8, 4) is 17.4 Å². The van der Waals surface area contributed by atoms with Crippen LogP contribution in [-0.2, 0) is 11.2 Å². The first-order chi connectivity index (χ1) is 18.2. The molecular weight excluding hydrogens is 533 g/mol. The van der Waals surface area contributed by atoms with Crippen molar-refractivity contribution >= 4 is 46.0 Å². The fraction of sp³-hybridized carbons (Fsp3) is 0.185. The summed E-state index contributed by atoms with van der Waals surface area (Å²) in [5.74, 6) is -1.41. The summed E-state index contributed by atoms with van der Waals surface area (Å²) in [6.45, 7) is 2.08. The molecule has 38 heavy (non-hydrogen) atoms. The van der Waals surface area contributed by atoms with Crippen LogP contribution in [0.2, 0.25) is 10.0 Å². The van der Waals surface area contributed by atoms with E-state index in [1.165, 1.54) is 23.8 Å². The molecule has 0 aliphatic rings. The number of hydrogen-bond donors (Lipinski definition) is 2.